The van der Waals surface area contributed by atoms with Gasteiger partial charge >= 0.3 is 0 Å². The van der Waals surface area contributed by atoms with E-state index in [9.17, 15) is 0 Å². The second-order valence-electron chi connectivity index (χ2n) is 14.1. The summed E-state index contributed by atoms with van der Waals surface area (Å²) in [5.41, 5.74) is 10.7. The first-order valence-corrected chi connectivity index (χ1v) is 17.5. The van der Waals surface area contributed by atoms with Crippen LogP contribution in [-0.4, -0.2) is 15.0 Å². The fourth-order valence-electron chi connectivity index (χ4n) is 7.87. The van der Waals surface area contributed by atoms with Crippen molar-refractivity contribution in [1.29, 1.82) is 0 Å². The van der Waals surface area contributed by atoms with Gasteiger partial charge in [0.25, 0.3) is 0 Å². The highest BCUT2D eigenvalue weighted by Gasteiger charge is 2.35. The normalized spacial score (nSPS) is 13.1. The Labute approximate surface area is 297 Å². The predicted octanol–water partition coefficient (Wildman–Crippen LogP) is 12.3. The zero-order valence-electron chi connectivity index (χ0n) is 28.4. The molecule has 0 fully saturated rings. The second-order valence-corrected chi connectivity index (χ2v) is 14.1. The molecule has 0 amide bonds. The predicted molar refractivity (Wildman–Crippen MR) is 212 cm³/mol. The Morgan fingerprint density at radius 1 is 0.314 bits per heavy atom. The molecule has 1 heterocycles. The first-order chi connectivity index (χ1) is 25.0. The van der Waals surface area contributed by atoms with Gasteiger partial charge in [-0.25, -0.2) is 15.0 Å². The number of hydrogen-bond acceptors (Lipinski definition) is 3. The van der Waals surface area contributed by atoms with Gasteiger partial charge in [0.15, 0.2) is 17.5 Å². The zero-order chi connectivity index (χ0) is 34.1. The van der Waals surface area contributed by atoms with E-state index in [1.54, 1.807) is 0 Å². The average Bonchev–Trinajstić information content (AvgIpc) is 3.42. The van der Waals surface area contributed by atoms with Crippen LogP contribution in [0.1, 0.15) is 25.0 Å². The van der Waals surface area contributed by atoms with E-state index in [-0.39, 0.29) is 5.41 Å². The third kappa shape index (κ3) is 4.93. The Balaban J connectivity index is 1.10. The van der Waals surface area contributed by atoms with Crippen LogP contribution in [0, 0.1) is 0 Å². The Morgan fingerprint density at radius 2 is 0.706 bits per heavy atom. The minimum absolute atomic E-state index is 0.0455. The molecule has 0 radical (unpaired) electrons. The van der Waals surface area contributed by atoms with Gasteiger partial charge in [-0.1, -0.05) is 147 Å². The summed E-state index contributed by atoms with van der Waals surface area (Å²) in [4.78, 5) is 15.3. The quantitative estimate of drug-likeness (QED) is 0.190. The van der Waals surface area contributed by atoms with Crippen LogP contribution in [0.5, 0.6) is 0 Å². The third-order valence-corrected chi connectivity index (χ3v) is 10.7. The molecule has 1 aliphatic carbocycles. The number of rotatable bonds is 4. The fourth-order valence-corrected chi connectivity index (χ4v) is 7.87. The molecule has 0 saturated carbocycles. The largest absolute Gasteiger partial charge is 0.208 e. The molecular weight excluding hydrogens is 619 g/mol. The molecule has 9 aromatic rings. The van der Waals surface area contributed by atoms with Crippen molar-refractivity contribution in [2.75, 3.05) is 0 Å². The van der Waals surface area contributed by atoms with E-state index in [2.05, 4.69) is 178 Å². The van der Waals surface area contributed by atoms with E-state index in [4.69, 9.17) is 15.0 Å². The fraction of sp³-hybridized carbons (Fsp3) is 0.0625. The standard InChI is InChI=1S/C48H33N3/c1-48(2)43-14-8-7-13-41(43)42-24-23-36(29-44(42)48)35-19-15-32-18-22-39(28-40(32)27-35)47-50-45(37-20-16-30-9-3-5-11-33(30)25-37)49-46(51-47)38-21-17-31-10-4-6-12-34(31)26-38/h3-29H,1-2H3. The monoisotopic (exact) mass is 651 g/mol. The van der Waals surface area contributed by atoms with Gasteiger partial charge in [-0.05, 0) is 96.0 Å². The first kappa shape index (κ1) is 29.5. The minimum Gasteiger partial charge on any atom is -0.208 e. The van der Waals surface area contributed by atoms with Gasteiger partial charge < -0.3 is 0 Å². The molecule has 3 nitrogen and oxygen atoms in total. The summed E-state index contributed by atoms with van der Waals surface area (Å²) in [6.07, 6.45) is 0. The average molecular weight is 652 g/mol. The lowest BCUT2D eigenvalue weighted by Crippen LogP contribution is -2.14. The highest BCUT2D eigenvalue weighted by atomic mass is 15.0. The van der Waals surface area contributed by atoms with Crippen molar-refractivity contribution in [2.24, 2.45) is 0 Å². The molecule has 0 unspecified atom stereocenters. The lowest BCUT2D eigenvalue weighted by atomic mass is 9.81. The summed E-state index contributed by atoms with van der Waals surface area (Å²) in [5.74, 6) is 1.97. The molecule has 0 spiro atoms. The highest BCUT2D eigenvalue weighted by Crippen LogP contribution is 2.49. The van der Waals surface area contributed by atoms with Crippen molar-refractivity contribution in [3.05, 3.63) is 175 Å². The molecule has 1 aliphatic rings. The Morgan fingerprint density at radius 3 is 1.29 bits per heavy atom. The zero-order valence-corrected chi connectivity index (χ0v) is 28.4. The Hall–Kier alpha value is -6.45. The van der Waals surface area contributed by atoms with Crippen molar-refractivity contribution in [1.82, 2.24) is 15.0 Å². The maximum Gasteiger partial charge on any atom is 0.164 e. The van der Waals surface area contributed by atoms with Crippen LogP contribution in [0.2, 0.25) is 0 Å². The Bertz CT molecular complexity index is 2750. The van der Waals surface area contributed by atoms with Crippen molar-refractivity contribution < 1.29 is 0 Å². The van der Waals surface area contributed by atoms with E-state index in [1.165, 1.54) is 49.5 Å². The van der Waals surface area contributed by atoms with E-state index in [0.717, 1.165) is 32.8 Å². The first-order valence-electron chi connectivity index (χ1n) is 17.5. The Kier molecular flexibility index (Phi) is 6.53. The number of benzene rings is 8. The van der Waals surface area contributed by atoms with Gasteiger partial charge in [0.2, 0.25) is 0 Å². The maximum absolute atomic E-state index is 5.11. The van der Waals surface area contributed by atoms with Crippen molar-refractivity contribution >= 4 is 32.3 Å². The molecule has 0 bridgehead atoms. The minimum atomic E-state index is -0.0455. The van der Waals surface area contributed by atoms with Gasteiger partial charge in [0.05, 0.1) is 0 Å². The number of fused-ring (bicyclic) bond motifs is 6. The van der Waals surface area contributed by atoms with Crippen LogP contribution in [0.25, 0.3) is 88.7 Å². The van der Waals surface area contributed by atoms with Crippen LogP contribution in [0.15, 0.2) is 164 Å². The number of aromatic nitrogens is 3. The summed E-state index contributed by atoms with van der Waals surface area (Å²) in [6, 6.07) is 58.6. The summed E-state index contributed by atoms with van der Waals surface area (Å²) in [7, 11) is 0. The van der Waals surface area contributed by atoms with E-state index >= 15 is 0 Å². The summed E-state index contributed by atoms with van der Waals surface area (Å²) >= 11 is 0. The smallest absolute Gasteiger partial charge is 0.164 e. The molecule has 0 saturated heterocycles. The molecule has 240 valence electrons. The second kappa shape index (κ2) is 11.3. The molecule has 10 rings (SSSR count). The molecule has 0 N–H and O–H groups in total. The molecular formula is C48H33N3. The van der Waals surface area contributed by atoms with Crippen LogP contribution >= 0.6 is 0 Å². The molecule has 51 heavy (non-hydrogen) atoms. The highest BCUT2D eigenvalue weighted by molar-refractivity contribution is 5.92. The van der Waals surface area contributed by atoms with Crippen LogP contribution < -0.4 is 0 Å². The van der Waals surface area contributed by atoms with Crippen LogP contribution in [0.4, 0.5) is 0 Å². The van der Waals surface area contributed by atoms with Gasteiger partial charge in [-0.2, -0.15) is 0 Å². The van der Waals surface area contributed by atoms with Crippen molar-refractivity contribution in [3.63, 3.8) is 0 Å². The lowest BCUT2D eigenvalue weighted by molar-refractivity contribution is 0.660. The molecule has 1 aromatic heterocycles. The van der Waals surface area contributed by atoms with Gasteiger partial charge in [0.1, 0.15) is 0 Å². The van der Waals surface area contributed by atoms with Crippen LogP contribution in [0.3, 0.4) is 0 Å². The third-order valence-electron chi connectivity index (χ3n) is 10.7. The molecule has 3 heteroatoms. The van der Waals surface area contributed by atoms with Crippen molar-refractivity contribution in [2.45, 2.75) is 19.3 Å². The van der Waals surface area contributed by atoms with Gasteiger partial charge in [-0.15, -0.1) is 0 Å². The van der Waals surface area contributed by atoms with Gasteiger partial charge in [0, 0.05) is 22.1 Å². The van der Waals surface area contributed by atoms with Gasteiger partial charge in [-0.3, -0.25) is 0 Å². The van der Waals surface area contributed by atoms with Crippen LogP contribution in [-0.2, 0) is 5.41 Å². The summed E-state index contributed by atoms with van der Waals surface area (Å²) < 4.78 is 0. The summed E-state index contributed by atoms with van der Waals surface area (Å²) in [6.45, 7) is 4.67. The molecule has 0 atom stereocenters. The maximum atomic E-state index is 5.11. The molecule has 0 aliphatic heterocycles. The summed E-state index contributed by atoms with van der Waals surface area (Å²) in [5, 5.41) is 7.00. The molecule has 8 aromatic carbocycles. The van der Waals surface area contributed by atoms with E-state index in [1.807, 2.05) is 0 Å². The lowest BCUT2D eigenvalue weighted by Gasteiger charge is -2.22. The number of hydrogen-bond donors (Lipinski definition) is 0. The number of nitrogens with zero attached hydrogens (tertiary/aromatic N) is 3. The van der Waals surface area contributed by atoms with E-state index < -0.39 is 0 Å². The van der Waals surface area contributed by atoms with E-state index in [0.29, 0.717) is 17.5 Å². The SMILES string of the molecule is CC1(C)c2ccccc2-c2ccc(-c3ccc4ccc(-c5nc(-c6ccc7ccccc7c6)nc(-c6ccc7ccccc7c6)n5)cc4c3)cc21. The van der Waals surface area contributed by atoms with Crippen molar-refractivity contribution in [3.8, 4) is 56.4 Å². The topological polar surface area (TPSA) is 38.7 Å².